The van der Waals surface area contributed by atoms with Crippen LogP contribution in [0.4, 0.5) is 0 Å². The molecule has 0 saturated carbocycles. The van der Waals surface area contributed by atoms with Crippen LogP contribution in [0, 0.1) is 5.92 Å². The summed E-state index contributed by atoms with van der Waals surface area (Å²) in [6.07, 6.45) is 2.83. The fourth-order valence-corrected chi connectivity index (χ4v) is 2.28. The SMILES string of the molecule is CN1CCC2CCNCC21.Cl.Cl. The number of halogens is 2. The molecule has 2 rings (SSSR count). The van der Waals surface area contributed by atoms with Crippen molar-refractivity contribution in [3.63, 3.8) is 0 Å². The van der Waals surface area contributed by atoms with E-state index in [1.807, 2.05) is 0 Å². The molecule has 2 aliphatic heterocycles. The van der Waals surface area contributed by atoms with E-state index in [1.165, 1.54) is 32.5 Å². The van der Waals surface area contributed by atoms with E-state index >= 15 is 0 Å². The minimum absolute atomic E-state index is 0. The van der Waals surface area contributed by atoms with Crippen molar-refractivity contribution in [2.24, 2.45) is 5.92 Å². The van der Waals surface area contributed by atoms with Crippen LogP contribution in [-0.4, -0.2) is 37.6 Å². The van der Waals surface area contributed by atoms with Gasteiger partial charge in [-0.15, -0.1) is 24.8 Å². The van der Waals surface area contributed by atoms with E-state index in [4.69, 9.17) is 0 Å². The van der Waals surface area contributed by atoms with Crippen molar-refractivity contribution in [2.45, 2.75) is 18.9 Å². The molecule has 2 heterocycles. The Balaban J connectivity index is 0.000000605. The number of nitrogens with one attached hydrogen (secondary N) is 1. The second-order valence-corrected chi connectivity index (χ2v) is 3.59. The lowest BCUT2D eigenvalue weighted by molar-refractivity contribution is 0.229. The van der Waals surface area contributed by atoms with Crippen LogP contribution in [0.5, 0.6) is 0 Å². The summed E-state index contributed by atoms with van der Waals surface area (Å²) in [5.41, 5.74) is 0. The molecule has 12 heavy (non-hydrogen) atoms. The molecular weight excluding hydrogens is 195 g/mol. The molecule has 0 aromatic rings. The first-order chi connectivity index (χ1) is 4.88. The maximum Gasteiger partial charge on any atom is 0.0246 e. The van der Waals surface area contributed by atoms with Crippen LogP contribution in [-0.2, 0) is 0 Å². The van der Waals surface area contributed by atoms with Crippen molar-refractivity contribution in [3.8, 4) is 0 Å². The molecule has 2 atom stereocenters. The Kier molecular flexibility index (Phi) is 5.50. The van der Waals surface area contributed by atoms with Gasteiger partial charge in [0.05, 0.1) is 0 Å². The van der Waals surface area contributed by atoms with Gasteiger partial charge in [-0.05, 0) is 38.9 Å². The largest absolute Gasteiger partial charge is 0.315 e. The van der Waals surface area contributed by atoms with Gasteiger partial charge in [0, 0.05) is 12.6 Å². The zero-order valence-electron chi connectivity index (χ0n) is 7.45. The van der Waals surface area contributed by atoms with Gasteiger partial charge in [-0.1, -0.05) is 0 Å². The molecule has 74 valence electrons. The topological polar surface area (TPSA) is 15.3 Å². The van der Waals surface area contributed by atoms with Gasteiger partial charge in [-0.3, -0.25) is 0 Å². The minimum atomic E-state index is 0. The Morgan fingerprint density at radius 1 is 1.25 bits per heavy atom. The average molecular weight is 213 g/mol. The quantitative estimate of drug-likeness (QED) is 0.649. The number of nitrogens with zero attached hydrogens (tertiary/aromatic N) is 1. The average Bonchev–Trinajstić information content (AvgIpc) is 2.34. The highest BCUT2D eigenvalue weighted by Gasteiger charge is 2.32. The first-order valence-electron chi connectivity index (χ1n) is 4.29. The van der Waals surface area contributed by atoms with Gasteiger partial charge in [-0.2, -0.15) is 0 Å². The molecule has 2 saturated heterocycles. The molecule has 0 amide bonds. The Morgan fingerprint density at radius 3 is 2.67 bits per heavy atom. The number of hydrogen-bond acceptors (Lipinski definition) is 2. The summed E-state index contributed by atoms with van der Waals surface area (Å²) in [6, 6.07) is 0.855. The van der Waals surface area contributed by atoms with Crippen LogP contribution in [0.2, 0.25) is 0 Å². The van der Waals surface area contributed by atoms with Crippen LogP contribution in [0.25, 0.3) is 0 Å². The fourth-order valence-electron chi connectivity index (χ4n) is 2.28. The minimum Gasteiger partial charge on any atom is -0.315 e. The van der Waals surface area contributed by atoms with Gasteiger partial charge in [0.2, 0.25) is 0 Å². The second kappa shape index (κ2) is 5.28. The molecule has 0 aliphatic carbocycles. The summed E-state index contributed by atoms with van der Waals surface area (Å²) < 4.78 is 0. The normalized spacial score (nSPS) is 34.8. The maximum absolute atomic E-state index is 3.44. The van der Waals surface area contributed by atoms with Crippen LogP contribution in [0.15, 0.2) is 0 Å². The highest BCUT2D eigenvalue weighted by Crippen LogP contribution is 2.26. The predicted octanol–water partition coefficient (Wildman–Crippen LogP) is 1.14. The Hall–Kier alpha value is 0.500. The number of rotatable bonds is 0. The van der Waals surface area contributed by atoms with Gasteiger partial charge in [0.1, 0.15) is 0 Å². The van der Waals surface area contributed by atoms with Crippen molar-refractivity contribution < 1.29 is 0 Å². The lowest BCUT2D eigenvalue weighted by Crippen LogP contribution is -2.44. The molecule has 2 aliphatic rings. The monoisotopic (exact) mass is 212 g/mol. The summed E-state index contributed by atoms with van der Waals surface area (Å²) in [5.74, 6) is 1.01. The summed E-state index contributed by atoms with van der Waals surface area (Å²) in [5, 5.41) is 3.44. The fraction of sp³-hybridized carbons (Fsp3) is 1.00. The van der Waals surface area contributed by atoms with Gasteiger partial charge in [0.15, 0.2) is 0 Å². The number of likely N-dealkylation sites (N-methyl/N-ethyl adjacent to an activating group) is 1. The van der Waals surface area contributed by atoms with Crippen molar-refractivity contribution >= 4 is 24.8 Å². The smallest absolute Gasteiger partial charge is 0.0246 e. The van der Waals surface area contributed by atoms with Crippen molar-refractivity contribution in [2.75, 3.05) is 26.7 Å². The van der Waals surface area contributed by atoms with Crippen molar-refractivity contribution in [1.82, 2.24) is 10.2 Å². The maximum atomic E-state index is 3.44. The standard InChI is InChI=1S/C8H16N2.2ClH/c1-10-5-3-7-2-4-9-6-8(7)10;;/h7-9H,2-6H2,1H3;2*1H. The number of likely N-dealkylation sites (tertiary alicyclic amines) is 1. The van der Waals surface area contributed by atoms with Gasteiger partial charge in [0.25, 0.3) is 0 Å². The molecule has 0 bridgehead atoms. The number of hydrogen-bond donors (Lipinski definition) is 1. The van der Waals surface area contributed by atoms with Crippen LogP contribution < -0.4 is 5.32 Å². The van der Waals surface area contributed by atoms with E-state index in [0.717, 1.165) is 12.0 Å². The third kappa shape index (κ3) is 2.25. The molecule has 0 radical (unpaired) electrons. The first-order valence-corrected chi connectivity index (χ1v) is 4.29. The van der Waals surface area contributed by atoms with Crippen LogP contribution in [0.3, 0.4) is 0 Å². The second-order valence-electron chi connectivity index (χ2n) is 3.59. The van der Waals surface area contributed by atoms with Crippen molar-refractivity contribution in [3.05, 3.63) is 0 Å². The van der Waals surface area contributed by atoms with E-state index in [-0.39, 0.29) is 24.8 Å². The summed E-state index contributed by atoms with van der Waals surface area (Å²) in [6.45, 7) is 3.78. The molecule has 2 nitrogen and oxygen atoms in total. The van der Waals surface area contributed by atoms with Crippen LogP contribution >= 0.6 is 24.8 Å². The molecule has 1 N–H and O–H groups in total. The van der Waals surface area contributed by atoms with E-state index in [2.05, 4.69) is 17.3 Å². The summed E-state index contributed by atoms with van der Waals surface area (Å²) in [4.78, 5) is 2.50. The van der Waals surface area contributed by atoms with E-state index in [0.29, 0.717) is 0 Å². The molecule has 0 aromatic carbocycles. The number of piperidine rings is 1. The van der Waals surface area contributed by atoms with Gasteiger partial charge in [-0.25, -0.2) is 0 Å². The molecule has 4 heteroatoms. The third-order valence-electron chi connectivity index (χ3n) is 3.01. The number of fused-ring (bicyclic) bond motifs is 1. The molecule has 0 aromatic heterocycles. The molecule has 0 spiro atoms. The Bertz CT molecular complexity index is 130. The third-order valence-corrected chi connectivity index (χ3v) is 3.01. The highest BCUT2D eigenvalue weighted by molar-refractivity contribution is 5.85. The summed E-state index contributed by atoms with van der Waals surface area (Å²) >= 11 is 0. The van der Waals surface area contributed by atoms with E-state index in [9.17, 15) is 0 Å². The zero-order chi connectivity index (χ0) is 6.97. The van der Waals surface area contributed by atoms with Crippen molar-refractivity contribution in [1.29, 1.82) is 0 Å². The van der Waals surface area contributed by atoms with E-state index in [1.54, 1.807) is 0 Å². The Morgan fingerprint density at radius 2 is 2.00 bits per heavy atom. The van der Waals surface area contributed by atoms with Crippen LogP contribution in [0.1, 0.15) is 12.8 Å². The zero-order valence-corrected chi connectivity index (χ0v) is 9.09. The van der Waals surface area contributed by atoms with E-state index < -0.39 is 0 Å². The highest BCUT2D eigenvalue weighted by atomic mass is 35.5. The Labute approximate surface area is 86.9 Å². The van der Waals surface area contributed by atoms with Gasteiger partial charge >= 0.3 is 0 Å². The predicted molar refractivity (Wildman–Crippen MR) is 56.5 cm³/mol. The molecule has 2 fully saturated rings. The summed E-state index contributed by atoms with van der Waals surface area (Å²) in [7, 11) is 2.25. The molecule has 2 unspecified atom stereocenters. The van der Waals surface area contributed by atoms with Gasteiger partial charge < -0.3 is 10.2 Å². The molecular formula is C8H18Cl2N2. The first kappa shape index (κ1) is 12.5. The lowest BCUT2D eigenvalue weighted by Gasteiger charge is -2.29. The lowest BCUT2D eigenvalue weighted by atomic mass is 9.94.